The van der Waals surface area contributed by atoms with E-state index in [1.807, 2.05) is 24.3 Å². The molecular weight excluding hydrogens is 573 g/mol. The fourth-order valence-corrected chi connectivity index (χ4v) is 27.7. The van der Waals surface area contributed by atoms with Crippen molar-refractivity contribution >= 4 is 34.3 Å². The second kappa shape index (κ2) is 15.8. The van der Waals surface area contributed by atoms with E-state index in [9.17, 15) is 13.2 Å². The van der Waals surface area contributed by atoms with Crippen molar-refractivity contribution in [3.05, 3.63) is 66.2 Å². The van der Waals surface area contributed by atoms with Gasteiger partial charge in [-0.15, -0.1) is 0 Å². The molecule has 0 radical (unpaired) electrons. The zero-order valence-corrected chi connectivity index (χ0v) is 26.6. The summed E-state index contributed by atoms with van der Waals surface area (Å²) in [7, 11) is -4.00. The third-order valence-electron chi connectivity index (χ3n) is 7.43. The third-order valence-corrected chi connectivity index (χ3v) is 26.9. The molecule has 2 aromatic rings. The summed E-state index contributed by atoms with van der Waals surface area (Å²) in [5.41, 5.74) is 0.458. The number of carbonyl (C=O) groups is 1. The second-order valence-corrected chi connectivity index (χ2v) is 25.9. The molecule has 0 N–H and O–H groups in total. The summed E-state index contributed by atoms with van der Waals surface area (Å²) in [6.07, 6.45) is 9.43. The third kappa shape index (κ3) is 8.08. The van der Waals surface area contributed by atoms with Gasteiger partial charge in [-0.05, 0) is 0 Å². The maximum absolute atomic E-state index is 14.4. The predicted molar refractivity (Wildman–Crippen MR) is 154 cm³/mol. The Balaban J connectivity index is 2.79. The minimum atomic E-state index is -4.00. The Morgan fingerprint density at radius 1 is 0.722 bits per heavy atom. The van der Waals surface area contributed by atoms with Gasteiger partial charge in [0.2, 0.25) is 0 Å². The van der Waals surface area contributed by atoms with Gasteiger partial charge in [0.25, 0.3) is 0 Å². The van der Waals surface area contributed by atoms with E-state index in [0.29, 0.717) is 5.56 Å². The molecule has 0 heterocycles. The van der Waals surface area contributed by atoms with Gasteiger partial charge in [-0.1, -0.05) is 0 Å². The Morgan fingerprint density at radius 2 is 1.17 bits per heavy atom. The number of hydrogen-bond donors (Lipinski definition) is 0. The van der Waals surface area contributed by atoms with Crippen LogP contribution in [0.4, 0.5) is 0 Å². The molecule has 0 aliphatic heterocycles. The van der Waals surface area contributed by atoms with E-state index in [2.05, 4.69) is 27.7 Å². The summed E-state index contributed by atoms with van der Waals surface area (Å²) in [6.45, 7) is 8.84. The number of benzene rings is 2. The number of unbranched alkanes of at least 4 members (excludes halogenated alkanes) is 4. The first kappa shape index (κ1) is 30.9. The Kier molecular flexibility index (Phi) is 13.6. The molecule has 0 spiro atoms. The molecule has 2 aromatic carbocycles. The molecule has 0 bridgehead atoms. The van der Waals surface area contributed by atoms with Crippen LogP contribution >= 0.6 is 0 Å². The van der Waals surface area contributed by atoms with Gasteiger partial charge >= 0.3 is 226 Å². The van der Waals surface area contributed by atoms with E-state index in [1.54, 1.807) is 36.4 Å². The van der Waals surface area contributed by atoms with Crippen molar-refractivity contribution in [2.45, 2.75) is 108 Å². The van der Waals surface area contributed by atoms with E-state index < -0.39 is 28.4 Å². The van der Waals surface area contributed by atoms with Crippen molar-refractivity contribution < 1.29 is 13.2 Å². The topological polar surface area (TPSA) is 54.5 Å². The molecule has 1 atom stereocenters. The molecule has 0 aromatic heterocycles. The van der Waals surface area contributed by atoms with Gasteiger partial charge in [0.15, 0.2) is 0 Å². The van der Waals surface area contributed by atoms with E-state index in [1.165, 1.54) is 4.31 Å². The van der Waals surface area contributed by atoms with E-state index in [4.69, 9.17) is 0 Å². The van der Waals surface area contributed by atoms with Gasteiger partial charge < -0.3 is 0 Å². The molecule has 36 heavy (non-hydrogen) atoms. The summed E-state index contributed by atoms with van der Waals surface area (Å²) >= 11 is -3.21. The van der Waals surface area contributed by atoms with Crippen molar-refractivity contribution in [1.82, 2.24) is 4.31 Å². The Morgan fingerprint density at radius 3 is 1.61 bits per heavy atom. The first-order valence-corrected chi connectivity index (χ1v) is 23.2. The summed E-state index contributed by atoms with van der Waals surface area (Å²) in [5, 5.41) is 0. The fourth-order valence-electron chi connectivity index (χ4n) is 5.36. The van der Waals surface area contributed by atoms with E-state index in [0.717, 1.165) is 71.1 Å². The molecule has 0 fully saturated rings. The van der Waals surface area contributed by atoms with Gasteiger partial charge in [-0.3, -0.25) is 0 Å². The molecule has 6 heteroatoms. The number of nitrogens with zero attached hydrogens (tertiary/aromatic N) is 1. The number of rotatable bonds is 17. The van der Waals surface area contributed by atoms with Crippen molar-refractivity contribution in [3.63, 3.8) is 0 Å². The van der Waals surface area contributed by atoms with Crippen LogP contribution in [0.15, 0.2) is 65.6 Å². The van der Waals surface area contributed by atoms with Crippen LogP contribution in [0.5, 0.6) is 0 Å². The van der Waals surface area contributed by atoms with Crippen molar-refractivity contribution in [1.29, 1.82) is 0 Å². The molecule has 0 saturated carbocycles. The number of carbonyl (C=O) groups excluding carboxylic acids is 1. The van der Waals surface area contributed by atoms with E-state index >= 15 is 0 Å². The van der Waals surface area contributed by atoms with Crippen LogP contribution in [-0.2, 0) is 10.0 Å². The van der Waals surface area contributed by atoms with Crippen LogP contribution in [0.1, 0.15) is 95.8 Å². The first-order chi connectivity index (χ1) is 17.4. The van der Waals surface area contributed by atoms with Crippen LogP contribution in [-0.4, -0.2) is 41.1 Å². The SMILES string of the molecule is CCCC[C@@H](N(C(=O)c1ccccc1)S(=O)(=O)c1ccccc1)[Sn]([CH2]CCC)([CH2]CCC)[CH2]CCC. The Labute approximate surface area is 224 Å². The van der Waals surface area contributed by atoms with Gasteiger partial charge in [0.1, 0.15) is 0 Å². The maximum atomic E-state index is 14.4. The number of sulfonamides is 1. The van der Waals surface area contributed by atoms with Crippen LogP contribution in [0.25, 0.3) is 0 Å². The molecular formula is C30H47NO3SSn. The quantitative estimate of drug-likeness (QED) is 0.167. The van der Waals surface area contributed by atoms with E-state index in [-0.39, 0.29) is 14.9 Å². The number of hydrogen-bond acceptors (Lipinski definition) is 3. The molecule has 200 valence electrons. The predicted octanol–water partition coefficient (Wildman–Crippen LogP) is 8.46. The summed E-state index contributed by atoms with van der Waals surface area (Å²) in [5.74, 6) is -0.355. The Bertz CT molecular complexity index is 974. The van der Waals surface area contributed by atoms with Crippen molar-refractivity contribution in [2.24, 2.45) is 0 Å². The van der Waals surface area contributed by atoms with Crippen molar-refractivity contribution in [2.75, 3.05) is 0 Å². The van der Waals surface area contributed by atoms with Gasteiger partial charge in [-0.2, -0.15) is 0 Å². The standard InChI is InChI=1S/C18H20NO3S.3C4H9.Sn/c1-2-3-10-15-19(18(20)16-11-6-4-7-12-16)23(21,22)17-13-8-5-9-14-17;3*1-3-4-2;/h4-9,11-15H,2-3,10H2,1H3;3*1,3-4H2,2H3;. The molecule has 0 aliphatic rings. The molecule has 0 aliphatic carbocycles. The molecule has 1 amide bonds. The normalized spacial score (nSPS) is 12.9. The summed E-state index contributed by atoms with van der Waals surface area (Å²) < 4.78 is 33.4. The van der Waals surface area contributed by atoms with Crippen LogP contribution < -0.4 is 0 Å². The van der Waals surface area contributed by atoms with Gasteiger partial charge in [0.05, 0.1) is 0 Å². The summed E-state index contributed by atoms with van der Waals surface area (Å²) in [4.78, 5) is 14.4. The summed E-state index contributed by atoms with van der Waals surface area (Å²) in [6, 6.07) is 17.6. The molecule has 0 saturated heterocycles. The van der Waals surface area contributed by atoms with Crippen LogP contribution in [0.3, 0.4) is 0 Å². The van der Waals surface area contributed by atoms with Crippen molar-refractivity contribution in [3.8, 4) is 0 Å². The Hall–Kier alpha value is -1.34. The minimum absolute atomic E-state index is 0.165. The van der Waals surface area contributed by atoms with Gasteiger partial charge in [0, 0.05) is 0 Å². The molecule has 0 unspecified atom stereocenters. The second-order valence-electron chi connectivity index (χ2n) is 10.1. The van der Waals surface area contributed by atoms with Crippen LogP contribution in [0.2, 0.25) is 13.3 Å². The zero-order valence-electron chi connectivity index (χ0n) is 22.9. The molecule has 4 nitrogen and oxygen atoms in total. The first-order valence-electron chi connectivity index (χ1n) is 14.1. The zero-order chi connectivity index (χ0) is 26.4. The monoisotopic (exact) mass is 621 g/mol. The fraction of sp³-hybridized carbons (Fsp3) is 0.567. The average Bonchev–Trinajstić information content (AvgIpc) is 2.91. The number of amides is 1. The average molecular weight is 620 g/mol. The van der Waals surface area contributed by atoms with Gasteiger partial charge in [-0.25, -0.2) is 0 Å². The van der Waals surface area contributed by atoms with Crippen LogP contribution in [0, 0.1) is 0 Å². The molecule has 2 rings (SSSR count).